The monoisotopic (exact) mass is 315 g/mol. The van der Waals surface area contributed by atoms with Crippen molar-refractivity contribution in [2.24, 2.45) is 0 Å². The zero-order valence-corrected chi connectivity index (χ0v) is 14.0. The molecule has 0 aromatic carbocycles. The lowest BCUT2D eigenvalue weighted by Gasteiger charge is -2.27. The standard InChI is InChI=1S/C16H29NO5/c1-4-5-10-17-14(18)6-8-16(20-11-12-21-16)9-7-15(19)22-13(2)3/h13H,4-12H2,1-3H3,(H,17,18). The minimum atomic E-state index is -0.821. The molecule has 1 aliphatic heterocycles. The Bertz CT molecular complexity index is 350. The molecule has 0 unspecified atom stereocenters. The largest absolute Gasteiger partial charge is 0.463 e. The molecule has 1 aliphatic rings. The molecule has 0 atom stereocenters. The van der Waals surface area contributed by atoms with E-state index in [1.165, 1.54) is 0 Å². The molecule has 1 N–H and O–H groups in total. The lowest BCUT2D eigenvalue weighted by Crippen LogP contribution is -2.34. The van der Waals surface area contributed by atoms with Gasteiger partial charge in [0.1, 0.15) is 0 Å². The number of carbonyl (C=O) groups excluding carboxylic acids is 2. The fraction of sp³-hybridized carbons (Fsp3) is 0.875. The van der Waals surface area contributed by atoms with Gasteiger partial charge in [0.25, 0.3) is 0 Å². The summed E-state index contributed by atoms with van der Waals surface area (Å²) < 4.78 is 16.4. The maximum Gasteiger partial charge on any atom is 0.306 e. The number of carbonyl (C=O) groups is 2. The average Bonchev–Trinajstić information content (AvgIpc) is 2.92. The first-order valence-corrected chi connectivity index (χ1v) is 8.21. The number of ether oxygens (including phenoxy) is 3. The van der Waals surface area contributed by atoms with Crippen LogP contribution in [0.2, 0.25) is 0 Å². The van der Waals surface area contributed by atoms with Crippen LogP contribution in [0.3, 0.4) is 0 Å². The lowest BCUT2D eigenvalue weighted by molar-refractivity contribution is -0.177. The van der Waals surface area contributed by atoms with Gasteiger partial charge in [-0.1, -0.05) is 13.3 Å². The lowest BCUT2D eigenvalue weighted by atomic mass is 10.0. The zero-order valence-electron chi connectivity index (χ0n) is 14.0. The van der Waals surface area contributed by atoms with Crippen LogP contribution in [0.5, 0.6) is 0 Å². The first kappa shape index (κ1) is 18.9. The van der Waals surface area contributed by atoms with Gasteiger partial charge in [0, 0.05) is 25.8 Å². The van der Waals surface area contributed by atoms with Crippen LogP contribution in [0.1, 0.15) is 59.3 Å². The summed E-state index contributed by atoms with van der Waals surface area (Å²) in [5, 5.41) is 2.87. The van der Waals surface area contributed by atoms with Gasteiger partial charge in [-0.3, -0.25) is 9.59 Å². The van der Waals surface area contributed by atoms with E-state index in [4.69, 9.17) is 14.2 Å². The van der Waals surface area contributed by atoms with Crippen molar-refractivity contribution in [3.63, 3.8) is 0 Å². The molecule has 22 heavy (non-hydrogen) atoms. The molecule has 6 heteroatoms. The summed E-state index contributed by atoms with van der Waals surface area (Å²) in [5.41, 5.74) is 0. The van der Waals surface area contributed by atoms with Crippen molar-refractivity contribution in [3.05, 3.63) is 0 Å². The molecule has 0 spiro atoms. The molecule has 0 bridgehead atoms. The van der Waals surface area contributed by atoms with E-state index < -0.39 is 5.79 Å². The third-order valence-electron chi connectivity index (χ3n) is 3.48. The smallest absolute Gasteiger partial charge is 0.306 e. The van der Waals surface area contributed by atoms with E-state index in [1.54, 1.807) is 0 Å². The summed E-state index contributed by atoms with van der Waals surface area (Å²) in [7, 11) is 0. The van der Waals surface area contributed by atoms with Gasteiger partial charge in [-0.25, -0.2) is 0 Å². The van der Waals surface area contributed by atoms with Crippen LogP contribution in [-0.4, -0.2) is 43.5 Å². The number of nitrogens with one attached hydrogen (secondary N) is 1. The molecule has 0 saturated carbocycles. The minimum Gasteiger partial charge on any atom is -0.463 e. The van der Waals surface area contributed by atoms with Crippen molar-refractivity contribution in [2.45, 2.75) is 71.2 Å². The number of hydrogen-bond donors (Lipinski definition) is 1. The van der Waals surface area contributed by atoms with Gasteiger partial charge in [0.15, 0.2) is 5.79 Å². The fourth-order valence-electron chi connectivity index (χ4n) is 2.32. The maximum atomic E-state index is 11.8. The first-order valence-electron chi connectivity index (χ1n) is 8.21. The fourth-order valence-corrected chi connectivity index (χ4v) is 2.32. The second-order valence-corrected chi connectivity index (χ2v) is 5.85. The van der Waals surface area contributed by atoms with Gasteiger partial charge < -0.3 is 19.5 Å². The third-order valence-corrected chi connectivity index (χ3v) is 3.48. The molecular formula is C16H29NO5. The van der Waals surface area contributed by atoms with Crippen molar-refractivity contribution < 1.29 is 23.8 Å². The van der Waals surface area contributed by atoms with Crippen LogP contribution in [0.15, 0.2) is 0 Å². The van der Waals surface area contributed by atoms with E-state index in [1.807, 2.05) is 13.8 Å². The number of hydrogen-bond acceptors (Lipinski definition) is 5. The van der Waals surface area contributed by atoms with Gasteiger partial charge in [-0.05, 0) is 20.3 Å². The molecule has 0 aliphatic carbocycles. The molecule has 1 heterocycles. The summed E-state index contributed by atoms with van der Waals surface area (Å²) in [6.07, 6.45) is 3.34. The summed E-state index contributed by atoms with van der Waals surface area (Å²) in [6, 6.07) is 0. The van der Waals surface area contributed by atoms with Crippen LogP contribution < -0.4 is 5.32 Å². The predicted molar refractivity (Wildman–Crippen MR) is 82.2 cm³/mol. The molecule has 1 rings (SSSR count). The first-order chi connectivity index (χ1) is 10.5. The van der Waals surface area contributed by atoms with Gasteiger partial charge >= 0.3 is 5.97 Å². The van der Waals surface area contributed by atoms with Gasteiger partial charge in [0.05, 0.1) is 25.7 Å². The van der Waals surface area contributed by atoms with Crippen LogP contribution in [0.25, 0.3) is 0 Å². The average molecular weight is 315 g/mol. The van der Waals surface area contributed by atoms with Crippen molar-refractivity contribution in [2.75, 3.05) is 19.8 Å². The minimum absolute atomic E-state index is 0.00307. The van der Waals surface area contributed by atoms with E-state index >= 15 is 0 Å². The Kier molecular flexibility index (Phi) is 8.42. The molecule has 128 valence electrons. The molecule has 0 aromatic rings. The molecule has 0 radical (unpaired) electrons. The Labute approximate surface area is 132 Å². The summed E-state index contributed by atoms with van der Waals surface area (Å²) >= 11 is 0. The maximum absolute atomic E-state index is 11.8. The Morgan fingerprint density at radius 3 is 2.41 bits per heavy atom. The van der Waals surface area contributed by atoms with Gasteiger partial charge in [0.2, 0.25) is 5.91 Å². The summed E-state index contributed by atoms with van der Waals surface area (Å²) in [4.78, 5) is 23.4. The highest BCUT2D eigenvalue weighted by molar-refractivity contribution is 5.75. The topological polar surface area (TPSA) is 73.9 Å². The molecule has 1 fully saturated rings. The van der Waals surface area contributed by atoms with Gasteiger partial charge in [-0.15, -0.1) is 0 Å². The van der Waals surface area contributed by atoms with Crippen LogP contribution in [-0.2, 0) is 23.8 Å². The molecule has 6 nitrogen and oxygen atoms in total. The Morgan fingerprint density at radius 2 is 1.82 bits per heavy atom. The van der Waals surface area contributed by atoms with Crippen molar-refractivity contribution >= 4 is 11.9 Å². The number of rotatable bonds is 10. The predicted octanol–water partition coefficient (Wildman–Crippen LogP) is 2.16. The van der Waals surface area contributed by atoms with Crippen LogP contribution in [0.4, 0.5) is 0 Å². The number of unbranched alkanes of at least 4 members (excludes halogenated alkanes) is 1. The SMILES string of the molecule is CCCCNC(=O)CCC1(CCC(=O)OC(C)C)OCCO1. The van der Waals surface area contributed by atoms with E-state index in [0.717, 1.165) is 12.8 Å². The second kappa shape index (κ2) is 9.79. The highest BCUT2D eigenvalue weighted by Crippen LogP contribution is 2.30. The van der Waals surface area contributed by atoms with E-state index in [2.05, 4.69) is 12.2 Å². The van der Waals surface area contributed by atoms with E-state index in [9.17, 15) is 9.59 Å². The molecular weight excluding hydrogens is 286 g/mol. The molecule has 1 amide bonds. The van der Waals surface area contributed by atoms with Gasteiger partial charge in [-0.2, -0.15) is 0 Å². The highest BCUT2D eigenvalue weighted by Gasteiger charge is 2.37. The van der Waals surface area contributed by atoms with Crippen molar-refractivity contribution in [1.29, 1.82) is 0 Å². The second-order valence-electron chi connectivity index (χ2n) is 5.85. The Hall–Kier alpha value is -1.14. The highest BCUT2D eigenvalue weighted by atomic mass is 16.7. The van der Waals surface area contributed by atoms with E-state index in [0.29, 0.717) is 39.0 Å². The van der Waals surface area contributed by atoms with Crippen LogP contribution in [0, 0.1) is 0 Å². The number of esters is 1. The van der Waals surface area contributed by atoms with Crippen LogP contribution >= 0.6 is 0 Å². The normalized spacial score (nSPS) is 16.7. The molecule has 0 aromatic heterocycles. The Balaban J connectivity index is 2.36. The Morgan fingerprint density at radius 1 is 1.18 bits per heavy atom. The summed E-state index contributed by atoms with van der Waals surface area (Å²) in [6.45, 7) is 7.41. The summed E-state index contributed by atoms with van der Waals surface area (Å²) in [5.74, 6) is -1.09. The molecule has 1 saturated heterocycles. The van der Waals surface area contributed by atoms with Crippen molar-refractivity contribution in [3.8, 4) is 0 Å². The number of amides is 1. The zero-order chi connectivity index (χ0) is 16.4. The quantitative estimate of drug-likeness (QED) is 0.494. The van der Waals surface area contributed by atoms with Crippen molar-refractivity contribution in [1.82, 2.24) is 5.32 Å². The third kappa shape index (κ3) is 7.22. The van der Waals surface area contributed by atoms with E-state index in [-0.39, 0.29) is 24.4 Å².